The van der Waals surface area contributed by atoms with Crippen LogP contribution in [0, 0.1) is 0 Å². The van der Waals surface area contributed by atoms with Gasteiger partial charge < -0.3 is 20.1 Å². The van der Waals surface area contributed by atoms with Crippen LogP contribution in [0.15, 0.2) is 0 Å². The number of aliphatic hydroxyl groups is 3. The Hall–Kier alpha value is -0.270. The average Bonchev–Trinajstić information content (AvgIpc) is 2.26. The van der Waals surface area contributed by atoms with Crippen LogP contribution < -0.4 is 0 Å². The molecular weight excluding hydrogens is 159 g/mol. The van der Waals surface area contributed by atoms with Gasteiger partial charge in [-0.25, -0.2) is 0 Å². The molecule has 0 aromatic rings. The zero-order chi connectivity index (χ0) is 8.43. The van der Waals surface area contributed by atoms with Crippen LogP contribution in [0.5, 0.6) is 0 Å². The van der Waals surface area contributed by atoms with E-state index in [-0.39, 0.29) is 0 Å². The summed E-state index contributed by atoms with van der Waals surface area (Å²) in [7, 11) is 0. The van der Waals surface area contributed by atoms with Gasteiger partial charge in [0, 0.05) is 0 Å². The molecule has 4 atom stereocenters. The second kappa shape index (κ2) is 3.42. The SMILES string of the molecule is OC[C@H]1OC(O)[C@H](OF)[C@@H]1O. The van der Waals surface area contributed by atoms with Crippen molar-refractivity contribution in [2.24, 2.45) is 0 Å². The van der Waals surface area contributed by atoms with Crippen molar-refractivity contribution in [1.82, 2.24) is 0 Å². The fourth-order valence-corrected chi connectivity index (χ4v) is 0.965. The molecule has 6 heteroatoms. The number of halogens is 1. The molecule has 0 aromatic carbocycles. The van der Waals surface area contributed by atoms with Gasteiger partial charge in [0.25, 0.3) is 0 Å². The van der Waals surface area contributed by atoms with Crippen LogP contribution >= 0.6 is 0 Å². The molecule has 0 bridgehead atoms. The smallest absolute Gasteiger partial charge is 0.187 e. The molecule has 66 valence electrons. The Kier molecular flexibility index (Phi) is 2.74. The maximum atomic E-state index is 11.5. The maximum absolute atomic E-state index is 11.5. The van der Waals surface area contributed by atoms with Gasteiger partial charge >= 0.3 is 0 Å². The summed E-state index contributed by atoms with van der Waals surface area (Å²) in [5, 5.41) is 26.3. The minimum atomic E-state index is -1.52. The highest BCUT2D eigenvalue weighted by Gasteiger charge is 2.44. The molecule has 11 heavy (non-hydrogen) atoms. The highest BCUT2D eigenvalue weighted by atomic mass is 19.3. The first-order chi connectivity index (χ1) is 5.20. The number of ether oxygens (including phenoxy) is 1. The lowest BCUT2D eigenvalue weighted by Gasteiger charge is -2.10. The average molecular weight is 168 g/mol. The topological polar surface area (TPSA) is 79.2 Å². The lowest BCUT2D eigenvalue weighted by atomic mass is 10.1. The molecule has 0 spiro atoms. The predicted molar refractivity (Wildman–Crippen MR) is 30.0 cm³/mol. The van der Waals surface area contributed by atoms with E-state index in [9.17, 15) is 4.53 Å². The summed E-state index contributed by atoms with van der Waals surface area (Å²) in [6, 6.07) is 0. The van der Waals surface area contributed by atoms with Crippen LogP contribution in [0.2, 0.25) is 0 Å². The van der Waals surface area contributed by atoms with Crippen molar-refractivity contribution in [3.63, 3.8) is 0 Å². The highest BCUT2D eigenvalue weighted by Crippen LogP contribution is 2.21. The fraction of sp³-hybridized carbons (Fsp3) is 1.00. The first kappa shape index (κ1) is 8.82. The second-order valence-corrected chi connectivity index (χ2v) is 2.29. The summed E-state index contributed by atoms with van der Waals surface area (Å²) in [4.78, 5) is 3.23. The molecule has 0 aliphatic carbocycles. The van der Waals surface area contributed by atoms with Gasteiger partial charge in [-0.3, -0.25) is 0 Å². The van der Waals surface area contributed by atoms with Gasteiger partial charge in [0.1, 0.15) is 12.2 Å². The molecule has 1 rings (SSSR count). The third kappa shape index (κ3) is 1.49. The molecule has 1 saturated heterocycles. The van der Waals surface area contributed by atoms with E-state index in [2.05, 4.69) is 9.68 Å². The highest BCUT2D eigenvalue weighted by molar-refractivity contribution is 4.85. The predicted octanol–water partition coefficient (Wildman–Crippen LogP) is -1.67. The zero-order valence-electron chi connectivity index (χ0n) is 5.55. The van der Waals surface area contributed by atoms with Crippen LogP contribution in [-0.4, -0.2) is 46.5 Å². The van der Waals surface area contributed by atoms with E-state index in [1.165, 1.54) is 0 Å². The van der Waals surface area contributed by atoms with Crippen molar-refractivity contribution in [3.8, 4) is 0 Å². The molecular formula is C5H9FO5. The van der Waals surface area contributed by atoms with Crippen LogP contribution in [0.1, 0.15) is 0 Å². The van der Waals surface area contributed by atoms with E-state index in [4.69, 9.17) is 15.3 Å². The lowest BCUT2D eigenvalue weighted by molar-refractivity contribution is -0.243. The summed E-state index contributed by atoms with van der Waals surface area (Å²) < 4.78 is 16.0. The van der Waals surface area contributed by atoms with Gasteiger partial charge in [0.2, 0.25) is 0 Å². The normalized spacial score (nSPS) is 44.7. The number of hydrogen-bond acceptors (Lipinski definition) is 5. The molecule has 1 aliphatic rings. The summed E-state index contributed by atoms with van der Waals surface area (Å²) >= 11 is 0. The minimum absolute atomic E-state index is 0.488. The van der Waals surface area contributed by atoms with Crippen molar-refractivity contribution in [2.45, 2.75) is 24.6 Å². The van der Waals surface area contributed by atoms with E-state index < -0.39 is 31.2 Å². The van der Waals surface area contributed by atoms with Crippen molar-refractivity contribution >= 4 is 0 Å². The Labute approximate surface area is 61.9 Å². The largest absolute Gasteiger partial charge is 0.394 e. The number of hydrogen-bond donors (Lipinski definition) is 3. The minimum Gasteiger partial charge on any atom is -0.394 e. The van der Waals surface area contributed by atoms with E-state index in [0.717, 1.165) is 0 Å². The molecule has 0 radical (unpaired) electrons. The van der Waals surface area contributed by atoms with Crippen molar-refractivity contribution in [3.05, 3.63) is 0 Å². The van der Waals surface area contributed by atoms with Gasteiger partial charge in [-0.15, -0.1) is 0 Å². The Balaban J connectivity index is 2.55. The van der Waals surface area contributed by atoms with Crippen LogP contribution in [0.3, 0.4) is 0 Å². The van der Waals surface area contributed by atoms with Crippen LogP contribution in [0.25, 0.3) is 0 Å². The van der Waals surface area contributed by atoms with E-state index >= 15 is 0 Å². The van der Waals surface area contributed by atoms with Gasteiger partial charge in [0.15, 0.2) is 12.4 Å². The first-order valence-corrected chi connectivity index (χ1v) is 3.10. The Morgan fingerprint density at radius 2 is 2.09 bits per heavy atom. The monoisotopic (exact) mass is 168 g/mol. The van der Waals surface area contributed by atoms with Gasteiger partial charge in [0.05, 0.1) is 6.61 Å². The van der Waals surface area contributed by atoms with Crippen molar-refractivity contribution < 1.29 is 29.5 Å². The second-order valence-electron chi connectivity index (χ2n) is 2.29. The summed E-state index contributed by atoms with van der Waals surface area (Å²) in [6.45, 7) is -0.488. The number of aliphatic hydroxyl groups excluding tert-OH is 3. The summed E-state index contributed by atoms with van der Waals surface area (Å²) in [6.07, 6.45) is -5.26. The molecule has 1 unspecified atom stereocenters. The van der Waals surface area contributed by atoms with E-state index in [1.54, 1.807) is 0 Å². The molecule has 1 aliphatic heterocycles. The van der Waals surface area contributed by atoms with Gasteiger partial charge in [-0.05, 0) is 4.53 Å². The Bertz CT molecular complexity index is 132. The van der Waals surface area contributed by atoms with E-state index in [1.807, 2.05) is 0 Å². The summed E-state index contributed by atoms with van der Waals surface area (Å²) in [5.41, 5.74) is 0. The molecule has 0 aromatic heterocycles. The van der Waals surface area contributed by atoms with Crippen LogP contribution in [0.4, 0.5) is 4.53 Å². The third-order valence-corrected chi connectivity index (χ3v) is 1.60. The van der Waals surface area contributed by atoms with Crippen molar-refractivity contribution in [1.29, 1.82) is 0 Å². The first-order valence-electron chi connectivity index (χ1n) is 3.10. The Morgan fingerprint density at radius 3 is 2.36 bits per heavy atom. The maximum Gasteiger partial charge on any atom is 0.187 e. The molecule has 1 heterocycles. The molecule has 1 fully saturated rings. The molecule has 3 N–H and O–H groups in total. The standard InChI is InChI=1S/C5H9FO5/c6-11-4-3(8)2(1-7)10-5(4)9/h2-5,7-9H,1H2/t2-,3-,4-,5?/m1/s1. The fourth-order valence-electron chi connectivity index (χ4n) is 0.965. The van der Waals surface area contributed by atoms with Crippen LogP contribution in [-0.2, 0) is 9.68 Å². The van der Waals surface area contributed by atoms with Gasteiger partial charge in [-0.1, -0.05) is 0 Å². The zero-order valence-corrected chi connectivity index (χ0v) is 5.55. The summed E-state index contributed by atoms with van der Waals surface area (Å²) in [5.74, 6) is 0. The quantitative estimate of drug-likeness (QED) is 0.459. The number of rotatable bonds is 2. The van der Waals surface area contributed by atoms with Crippen molar-refractivity contribution in [2.75, 3.05) is 6.61 Å². The lowest BCUT2D eigenvalue weighted by Crippen LogP contribution is -2.34. The van der Waals surface area contributed by atoms with E-state index in [0.29, 0.717) is 0 Å². The molecule has 0 amide bonds. The molecule has 5 nitrogen and oxygen atoms in total. The van der Waals surface area contributed by atoms with Gasteiger partial charge in [-0.2, -0.15) is 4.94 Å². The third-order valence-electron chi connectivity index (χ3n) is 1.60. The Morgan fingerprint density at radius 1 is 1.45 bits per heavy atom. The molecule has 0 saturated carbocycles.